The van der Waals surface area contributed by atoms with Crippen LogP contribution in [0.5, 0.6) is 5.75 Å². The van der Waals surface area contributed by atoms with Crippen molar-refractivity contribution in [1.82, 2.24) is 19.4 Å². The highest BCUT2D eigenvalue weighted by atomic mass is 35.5. The van der Waals surface area contributed by atoms with Gasteiger partial charge in [-0.3, -0.25) is 9.38 Å². The number of aromatic nitrogens is 4. The van der Waals surface area contributed by atoms with Gasteiger partial charge in [0.1, 0.15) is 22.8 Å². The highest BCUT2D eigenvalue weighted by molar-refractivity contribution is 6.32. The molecule has 3 heterocycles. The standard InChI is InChI=1S/C22H16Cl2F4N4O/c1-3-33-19-13(11(2)21-31-10-15-20(24)29-6-7-32(15)21)8-14(23)18(25)17(19)12-4-5-16(30-9-12)22(26,27)28/h4-11H,3H2,1-2H3. The molecule has 0 spiro atoms. The fraction of sp³-hybridized carbons (Fsp3) is 0.227. The van der Waals surface area contributed by atoms with Crippen LogP contribution in [-0.4, -0.2) is 26.0 Å². The molecular formula is C22H16Cl2F4N4O. The summed E-state index contributed by atoms with van der Waals surface area (Å²) in [7, 11) is 0. The zero-order chi connectivity index (χ0) is 23.9. The number of benzene rings is 1. The second kappa shape index (κ2) is 8.79. The van der Waals surface area contributed by atoms with Crippen LogP contribution >= 0.6 is 23.2 Å². The van der Waals surface area contributed by atoms with E-state index in [0.29, 0.717) is 16.9 Å². The van der Waals surface area contributed by atoms with Crippen molar-refractivity contribution in [3.05, 3.63) is 76.1 Å². The van der Waals surface area contributed by atoms with Crippen molar-refractivity contribution in [1.29, 1.82) is 0 Å². The molecule has 0 aliphatic heterocycles. The molecule has 4 aromatic rings. The van der Waals surface area contributed by atoms with Gasteiger partial charge in [-0.05, 0) is 19.1 Å². The minimum absolute atomic E-state index is 0.0759. The summed E-state index contributed by atoms with van der Waals surface area (Å²) in [5.41, 5.74) is 0.0145. The van der Waals surface area contributed by atoms with Gasteiger partial charge in [0.25, 0.3) is 0 Å². The lowest BCUT2D eigenvalue weighted by atomic mass is 9.93. The first-order valence-electron chi connectivity index (χ1n) is 9.79. The fourth-order valence-corrected chi connectivity index (χ4v) is 4.00. The lowest BCUT2D eigenvalue weighted by Gasteiger charge is -2.21. The van der Waals surface area contributed by atoms with Crippen molar-refractivity contribution in [3.8, 4) is 16.9 Å². The van der Waals surface area contributed by atoms with Crippen molar-refractivity contribution in [2.45, 2.75) is 25.9 Å². The van der Waals surface area contributed by atoms with E-state index < -0.39 is 23.6 Å². The van der Waals surface area contributed by atoms with Gasteiger partial charge in [-0.1, -0.05) is 36.2 Å². The summed E-state index contributed by atoms with van der Waals surface area (Å²) in [5, 5.41) is 0.0536. The van der Waals surface area contributed by atoms with E-state index in [-0.39, 0.29) is 33.7 Å². The first-order valence-corrected chi connectivity index (χ1v) is 10.5. The van der Waals surface area contributed by atoms with Gasteiger partial charge in [0.05, 0.1) is 23.4 Å². The molecule has 1 unspecified atom stereocenters. The van der Waals surface area contributed by atoms with Gasteiger partial charge in [0.15, 0.2) is 11.0 Å². The maximum absolute atomic E-state index is 15.2. The van der Waals surface area contributed by atoms with Gasteiger partial charge >= 0.3 is 6.18 Å². The molecule has 11 heteroatoms. The van der Waals surface area contributed by atoms with Crippen LogP contribution in [0.25, 0.3) is 16.6 Å². The molecule has 0 amide bonds. The molecule has 1 aromatic carbocycles. The average molecular weight is 499 g/mol. The van der Waals surface area contributed by atoms with Gasteiger partial charge < -0.3 is 4.74 Å². The molecule has 33 heavy (non-hydrogen) atoms. The van der Waals surface area contributed by atoms with Crippen LogP contribution in [0.4, 0.5) is 17.6 Å². The van der Waals surface area contributed by atoms with Gasteiger partial charge in [0.2, 0.25) is 0 Å². The highest BCUT2D eigenvalue weighted by Crippen LogP contribution is 2.44. The molecule has 4 rings (SSSR count). The highest BCUT2D eigenvalue weighted by Gasteiger charge is 2.33. The molecule has 3 aromatic heterocycles. The summed E-state index contributed by atoms with van der Waals surface area (Å²) < 4.78 is 61.5. The number of rotatable bonds is 5. The molecule has 0 saturated carbocycles. The summed E-state index contributed by atoms with van der Waals surface area (Å²) in [6, 6.07) is 3.35. The topological polar surface area (TPSA) is 52.3 Å². The Morgan fingerprint density at radius 3 is 2.52 bits per heavy atom. The SMILES string of the molecule is CCOc1c(C(C)c2ncc3c(Cl)nccn23)cc(Cl)c(F)c1-c1ccc(C(F)(F)F)nc1. The van der Waals surface area contributed by atoms with Gasteiger partial charge in [-0.25, -0.2) is 14.4 Å². The number of alkyl halides is 3. The Labute approximate surface area is 196 Å². The third-order valence-corrected chi connectivity index (χ3v) is 5.69. The van der Waals surface area contributed by atoms with Crippen LogP contribution in [-0.2, 0) is 6.18 Å². The average Bonchev–Trinajstić information content (AvgIpc) is 3.21. The summed E-state index contributed by atoms with van der Waals surface area (Å²) in [6.07, 6.45) is 1.10. The van der Waals surface area contributed by atoms with E-state index in [9.17, 15) is 13.2 Å². The Bertz CT molecular complexity index is 1320. The van der Waals surface area contributed by atoms with E-state index in [1.165, 1.54) is 12.3 Å². The number of hydrogen-bond donors (Lipinski definition) is 0. The predicted octanol–water partition coefficient (Wildman–Crippen LogP) is 6.81. The number of hydrogen-bond acceptors (Lipinski definition) is 4. The van der Waals surface area contributed by atoms with Crippen molar-refractivity contribution in [2.24, 2.45) is 0 Å². The van der Waals surface area contributed by atoms with Crippen molar-refractivity contribution >= 4 is 28.7 Å². The third kappa shape index (κ3) is 4.22. The van der Waals surface area contributed by atoms with E-state index in [0.717, 1.165) is 18.3 Å². The van der Waals surface area contributed by atoms with Gasteiger partial charge in [0, 0.05) is 35.6 Å². The minimum Gasteiger partial charge on any atom is -0.493 e. The number of halogens is 6. The molecule has 0 bridgehead atoms. The number of nitrogens with zero attached hydrogens (tertiary/aromatic N) is 4. The lowest BCUT2D eigenvalue weighted by molar-refractivity contribution is -0.141. The Hall–Kier alpha value is -2.91. The van der Waals surface area contributed by atoms with Crippen molar-refractivity contribution in [3.63, 3.8) is 0 Å². The minimum atomic E-state index is -4.62. The zero-order valence-corrected chi connectivity index (χ0v) is 18.8. The summed E-state index contributed by atoms with van der Waals surface area (Å²) >= 11 is 12.3. The van der Waals surface area contributed by atoms with Gasteiger partial charge in [-0.15, -0.1) is 0 Å². The van der Waals surface area contributed by atoms with Crippen LogP contribution in [0.2, 0.25) is 10.2 Å². The Morgan fingerprint density at radius 2 is 1.88 bits per heavy atom. The van der Waals surface area contributed by atoms with Crippen LogP contribution in [0.3, 0.4) is 0 Å². The first-order chi connectivity index (χ1) is 15.6. The van der Waals surface area contributed by atoms with Crippen LogP contribution in [0.15, 0.2) is 43.0 Å². The molecule has 1 atom stereocenters. The van der Waals surface area contributed by atoms with Crippen molar-refractivity contribution < 1.29 is 22.3 Å². The molecule has 0 fully saturated rings. The molecule has 0 N–H and O–H groups in total. The summed E-state index contributed by atoms with van der Waals surface area (Å²) in [5.74, 6) is -0.565. The lowest BCUT2D eigenvalue weighted by Crippen LogP contribution is -2.09. The summed E-state index contributed by atoms with van der Waals surface area (Å²) in [6.45, 7) is 3.72. The molecule has 5 nitrogen and oxygen atoms in total. The van der Waals surface area contributed by atoms with Gasteiger partial charge in [-0.2, -0.15) is 13.2 Å². The molecule has 172 valence electrons. The molecule has 0 aliphatic rings. The quantitative estimate of drug-likeness (QED) is 0.283. The number of imidazole rings is 1. The van der Waals surface area contributed by atoms with E-state index in [4.69, 9.17) is 27.9 Å². The smallest absolute Gasteiger partial charge is 0.433 e. The molecular weight excluding hydrogens is 483 g/mol. The molecule has 0 aliphatic carbocycles. The third-order valence-electron chi connectivity index (χ3n) is 5.13. The van der Waals surface area contributed by atoms with Crippen LogP contribution < -0.4 is 4.74 Å². The number of ether oxygens (including phenoxy) is 1. The monoisotopic (exact) mass is 498 g/mol. The Balaban J connectivity index is 1.91. The molecule has 0 saturated heterocycles. The van der Waals surface area contributed by atoms with Crippen LogP contribution in [0.1, 0.15) is 36.8 Å². The van der Waals surface area contributed by atoms with E-state index >= 15 is 4.39 Å². The zero-order valence-electron chi connectivity index (χ0n) is 17.3. The van der Waals surface area contributed by atoms with Crippen LogP contribution in [0, 0.1) is 5.82 Å². The van der Waals surface area contributed by atoms with E-state index in [1.54, 1.807) is 23.7 Å². The number of pyridine rings is 1. The summed E-state index contributed by atoms with van der Waals surface area (Å²) in [4.78, 5) is 11.9. The largest absolute Gasteiger partial charge is 0.493 e. The maximum atomic E-state index is 15.2. The molecule has 0 radical (unpaired) electrons. The van der Waals surface area contributed by atoms with E-state index in [2.05, 4.69) is 15.0 Å². The number of fused-ring (bicyclic) bond motifs is 1. The predicted molar refractivity (Wildman–Crippen MR) is 116 cm³/mol. The first kappa shape index (κ1) is 23.3. The second-order valence-electron chi connectivity index (χ2n) is 7.14. The Kier molecular flexibility index (Phi) is 6.20. The van der Waals surface area contributed by atoms with E-state index in [1.807, 2.05) is 6.92 Å². The second-order valence-corrected chi connectivity index (χ2v) is 7.91. The normalized spacial score (nSPS) is 12.8. The van der Waals surface area contributed by atoms with Crippen molar-refractivity contribution in [2.75, 3.05) is 6.61 Å². The fourth-order valence-electron chi connectivity index (χ4n) is 3.59. The maximum Gasteiger partial charge on any atom is 0.433 e. The Morgan fingerprint density at radius 1 is 1.12 bits per heavy atom.